The molecule has 0 saturated carbocycles. The summed E-state index contributed by atoms with van der Waals surface area (Å²) in [6, 6.07) is 6.94. The van der Waals surface area contributed by atoms with Crippen molar-refractivity contribution in [2.75, 3.05) is 26.7 Å². The fourth-order valence-electron chi connectivity index (χ4n) is 2.99. The lowest BCUT2D eigenvalue weighted by Gasteiger charge is -2.32. The topological polar surface area (TPSA) is 87.2 Å². The van der Waals surface area contributed by atoms with Gasteiger partial charge in [-0.05, 0) is 38.8 Å². The number of para-hydroxylation sites is 1. The Bertz CT molecular complexity index is 674. The molecular weight excluding hydrogens is 336 g/mol. The molecule has 1 saturated heterocycles. The number of nitrogens with zero attached hydrogens (tertiary/aromatic N) is 2. The van der Waals surface area contributed by atoms with Crippen molar-refractivity contribution in [1.29, 1.82) is 0 Å². The van der Waals surface area contributed by atoms with Gasteiger partial charge in [0.15, 0.2) is 0 Å². The maximum absolute atomic E-state index is 12.7. The van der Waals surface area contributed by atoms with E-state index in [2.05, 4.69) is 0 Å². The molecule has 1 aromatic rings. The molecule has 1 N–H and O–H groups in total. The Labute approximate surface area is 153 Å². The van der Waals surface area contributed by atoms with E-state index in [1.54, 1.807) is 31.3 Å². The normalized spacial score (nSPS) is 17.1. The molecule has 1 atom stereocenters. The van der Waals surface area contributed by atoms with Crippen LogP contribution in [0.15, 0.2) is 24.3 Å². The maximum atomic E-state index is 12.7. The van der Waals surface area contributed by atoms with Gasteiger partial charge in [0.2, 0.25) is 5.91 Å². The van der Waals surface area contributed by atoms with Gasteiger partial charge in [0.05, 0.1) is 24.1 Å². The van der Waals surface area contributed by atoms with E-state index in [4.69, 9.17) is 9.84 Å². The van der Waals surface area contributed by atoms with E-state index >= 15 is 0 Å². The molecule has 0 radical (unpaired) electrons. The largest absolute Gasteiger partial charge is 0.490 e. The lowest BCUT2D eigenvalue weighted by Crippen LogP contribution is -2.46. The second-order valence-corrected chi connectivity index (χ2v) is 6.84. The minimum atomic E-state index is -0.883. The number of ether oxygens (including phenoxy) is 1. The summed E-state index contributed by atoms with van der Waals surface area (Å²) >= 11 is 0. The number of aliphatic carboxylic acids is 1. The summed E-state index contributed by atoms with van der Waals surface area (Å²) in [5.74, 6) is -1.48. The van der Waals surface area contributed by atoms with Crippen molar-refractivity contribution in [1.82, 2.24) is 9.80 Å². The van der Waals surface area contributed by atoms with Crippen molar-refractivity contribution in [2.24, 2.45) is 5.92 Å². The van der Waals surface area contributed by atoms with Crippen molar-refractivity contribution < 1.29 is 24.2 Å². The van der Waals surface area contributed by atoms with E-state index < -0.39 is 11.9 Å². The van der Waals surface area contributed by atoms with Gasteiger partial charge in [0.25, 0.3) is 5.91 Å². The first kappa shape index (κ1) is 19.8. The predicted molar refractivity (Wildman–Crippen MR) is 96.1 cm³/mol. The van der Waals surface area contributed by atoms with Crippen LogP contribution in [0.5, 0.6) is 5.75 Å². The fraction of sp³-hybridized carbons (Fsp3) is 0.526. The summed E-state index contributed by atoms with van der Waals surface area (Å²) < 4.78 is 5.67. The summed E-state index contributed by atoms with van der Waals surface area (Å²) in [5, 5.41) is 9.14. The van der Waals surface area contributed by atoms with Crippen LogP contribution in [0.4, 0.5) is 0 Å². The third-order valence-corrected chi connectivity index (χ3v) is 4.32. The van der Waals surface area contributed by atoms with Gasteiger partial charge >= 0.3 is 5.97 Å². The van der Waals surface area contributed by atoms with E-state index in [1.165, 1.54) is 9.80 Å². The molecule has 0 spiro atoms. The number of hydrogen-bond donors (Lipinski definition) is 1. The number of likely N-dealkylation sites (tertiary alicyclic amines) is 1. The molecule has 1 aliphatic rings. The zero-order chi connectivity index (χ0) is 19.3. The number of hydrogen-bond acceptors (Lipinski definition) is 4. The van der Waals surface area contributed by atoms with Crippen molar-refractivity contribution in [3.05, 3.63) is 29.8 Å². The predicted octanol–water partition coefficient (Wildman–Crippen LogP) is 1.87. The van der Waals surface area contributed by atoms with Gasteiger partial charge in [0, 0.05) is 20.1 Å². The number of carboxylic acids is 1. The quantitative estimate of drug-likeness (QED) is 0.835. The number of benzene rings is 1. The van der Waals surface area contributed by atoms with Crippen molar-refractivity contribution >= 4 is 17.8 Å². The molecule has 1 unspecified atom stereocenters. The van der Waals surface area contributed by atoms with Crippen molar-refractivity contribution in [3.8, 4) is 5.75 Å². The zero-order valence-electron chi connectivity index (χ0n) is 15.5. The highest BCUT2D eigenvalue weighted by Gasteiger charge is 2.29. The van der Waals surface area contributed by atoms with Gasteiger partial charge < -0.3 is 19.6 Å². The smallest absolute Gasteiger partial charge is 0.308 e. The molecule has 0 aromatic heterocycles. The third-order valence-electron chi connectivity index (χ3n) is 4.32. The molecule has 7 heteroatoms. The fourth-order valence-corrected chi connectivity index (χ4v) is 2.99. The molecule has 1 heterocycles. The monoisotopic (exact) mass is 362 g/mol. The molecule has 26 heavy (non-hydrogen) atoms. The van der Waals surface area contributed by atoms with Crippen molar-refractivity contribution in [3.63, 3.8) is 0 Å². The van der Waals surface area contributed by atoms with Gasteiger partial charge in [-0.3, -0.25) is 14.4 Å². The molecule has 2 amide bonds. The van der Waals surface area contributed by atoms with Crippen LogP contribution in [-0.4, -0.2) is 65.5 Å². The molecule has 142 valence electrons. The third kappa shape index (κ3) is 4.97. The van der Waals surface area contributed by atoms with Crippen LogP contribution < -0.4 is 4.74 Å². The standard InChI is InChI=1S/C19H26N2O5/c1-13(2)26-16-9-5-4-8-15(16)18(23)20(3)12-17(22)21-10-6-7-14(11-21)19(24)25/h4-5,8-9,13-14H,6-7,10-12H2,1-3H3,(H,24,25). The van der Waals surface area contributed by atoms with Crippen LogP contribution in [-0.2, 0) is 9.59 Å². The summed E-state index contributed by atoms with van der Waals surface area (Å²) in [4.78, 5) is 39.2. The van der Waals surface area contributed by atoms with Gasteiger partial charge in [0.1, 0.15) is 5.75 Å². The summed E-state index contributed by atoms with van der Waals surface area (Å²) in [6.07, 6.45) is 1.16. The number of carboxylic acid groups (broad SMARTS) is 1. The van der Waals surface area contributed by atoms with E-state index in [0.29, 0.717) is 30.7 Å². The lowest BCUT2D eigenvalue weighted by molar-refractivity contribution is -0.145. The van der Waals surface area contributed by atoms with E-state index in [-0.39, 0.29) is 31.0 Å². The van der Waals surface area contributed by atoms with E-state index in [1.807, 2.05) is 13.8 Å². The highest BCUT2D eigenvalue weighted by atomic mass is 16.5. The van der Waals surface area contributed by atoms with Crippen LogP contribution >= 0.6 is 0 Å². The average molecular weight is 362 g/mol. The molecule has 1 aliphatic heterocycles. The van der Waals surface area contributed by atoms with Gasteiger partial charge in [-0.15, -0.1) is 0 Å². The van der Waals surface area contributed by atoms with Crippen molar-refractivity contribution in [2.45, 2.75) is 32.8 Å². The number of carbonyl (C=O) groups excluding carboxylic acids is 2. The van der Waals surface area contributed by atoms with Crippen LogP contribution in [0.25, 0.3) is 0 Å². The highest BCUT2D eigenvalue weighted by Crippen LogP contribution is 2.21. The first-order valence-electron chi connectivity index (χ1n) is 8.81. The maximum Gasteiger partial charge on any atom is 0.308 e. The Morgan fingerprint density at radius 2 is 2.00 bits per heavy atom. The second-order valence-electron chi connectivity index (χ2n) is 6.84. The summed E-state index contributed by atoms with van der Waals surface area (Å²) in [5.41, 5.74) is 0.401. The second kappa shape index (κ2) is 8.69. The zero-order valence-corrected chi connectivity index (χ0v) is 15.5. The Hall–Kier alpha value is -2.57. The van der Waals surface area contributed by atoms with Gasteiger partial charge in [-0.1, -0.05) is 12.1 Å². The Balaban J connectivity index is 2.03. The van der Waals surface area contributed by atoms with Gasteiger partial charge in [-0.2, -0.15) is 0 Å². The van der Waals surface area contributed by atoms with Crippen LogP contribution in [0.3, 0.4) is 0 Å². The average Bonchev–Trinajstić information content (AvgIpc) is 2.61. The minimum absolute atomic E-state index is 0.0720. The number of likely N-dealkylation sites (N-methyl/N-ethyl adjacent to an activating group) is 1. The number of amides is 2. The Morgan fingerprint density at radius 1 is 1.31 bits per heavy atom. The number of rotatable bonds is 6. The molecule has 7 nitrogen and oxygen atoms in total. The molecule has 1 fully saturated rings. The van der Waals surface area contributed by atoms with Crippen LogP contribution in [0.1, 0.15) is 37.0 Å². The molecule has 0 bridgehead atoms. The number of carbonyl (C=O) groups is 3. The Morgan fingerprint density at radius 3 is 2.65 bits per heavy atom. The van der Waals surface area contributed by atoms with Crippen LogP contribution in [0, 0.1) is 5.92 Å². The van der Waals surface area contributed by atoms with E-state index in [0.717, 1.165) is 0 Å². The Kier molecular flexibility index (Phi) is 6.60. The SMILES string of the molecule is CC(C)Oc1ccccc1C(=O)N(C)CC(=O)N1CCCC(C(=O)O)C1. The molecule has 0 aliphatic carbocycles. The molecule has 1 aromatic carbocycles. The van der Waals surface area contributed by atoms with E-state index in [9.17, 15) is 14.4 Å². The van der Waals surface area contributed by atoms with Crippen LogP contribution in [0.2, 0.25) is 0 Å². The first-order valence-corrected chi connectivity index (χ1v) is 8.81. The minimum Gasteiger partial charge on any atom is -0.490 e. The highest BCUT2D eigenvalue weighted by molar-refractivity contribution is 5.98. The molecular formula is C19H26N2O5. The van der Waals surface area contributed by atoms with Gasteiger partial charge in [-0.25, -0.2) is 0 Å². The number of piperidine rings is 1. The summed E-state index contributed by atoms with van der Waals surface area (Å²) in [7, 11) is 1.56. The lowest BCUT2D eigenvalue weighted by atomic mass is 9.98. The first-order chi connectivity index (χ1) is 12.3. The summed E-state index contributed by atoms with van der Waals surface area (Å²) in [6.45, 7) is 4.38. The molecule has 2 rings (SSSR count).